The average molecular weight is 359 g/mol. The average Bonchev–Trinajstić information content (AvgIpc) is 3.40. The minimum absolute atomic E-state index is 0.592. The van der Waals surface area contributed by atoms with E-state index in [9.17, 15) is 5.11 Å². The zero-order valence-electron chi connectivity index (χ0n) is 14.9. The molecule has 1 atom stereocenters. The number of nitrogens with zero attached hydrogens (tertiary/aromatic N) is 5. The van der Waals surface area contributed by atoms with Crippen molar-refractivity contribution in [2.24, 2.45) is 0 Å². The molecule has 6 heteroatoms. The summed E-state index contributed by atoms with van der Waals surface area (Å²) in [5.74, 6) is 0.604. The molecule has 4 aromatic rings. The first-order chi connectivity index (χ1) is 13.3. The molecule has 0 aliphatic heterocycles. The Morgan fingerprint density at radius 1 is 0.926 bits per heavy atom. The standard InChI is InChI=1S/C21H21N5O/c27-20(21-24-22-16-25(21)15-18-5-2-1-3-6-18)12-9-17-7-10-19(11-8-17)26-14-4-13-23-26/h1-8,10-11,13-14,16,20,27H,9,12,15H2. The summed E-state index contributed by atoms with van der Waals surface area (Å²) < 4.78 is 3.73. The van der Waals surface area contributed by atoms with E-state index in [1.165, 1.54) is 5.56 Å². The van der Waals surface area contributed by atoms with Crippen LogP contribution in [0.25, 0.3) is 5.69 Å². The molecule has 0 saturated carbocycles. The molecule has 6 nitrogen and oxygen atoms in total. The summed E-state index contributed by atoms with van der Waals surface area (Å²) in [7, 11) is 0. The molecular weight excluding hydrogens is 338 g/mol. The van der Waals surface area contributed by atoms with E-state index in [0.717, 1.165) is 17.7 Å². The largest absolute Gasteiger partial charge is 0.385 e. The van der Waals surface area contributed by atoms with E-state index >= 15 is 0 Å². The van der Waals surface area contributed by atoms with Gasteiger partial charge in [0.15, 0.2) is 5.82 Å². The number of aliphatic hydroxyl groups excluding tert-OH is 1. The molecule has 0 radical (unpaired) electrons. The van der Waals surface area contributed by atoms with Crippen LogP contribution in [-0.4, -0.2) is 29.7 Å². The first-order valence-corrected chi connectivity index (χ1v) is 8.98. The van der Waals surface area contributed by atoms with Crippen LogP contribution in [-0.2, 0) is 13.0 Å². The fraction of sp³-hybridized carbons (Fsp3) is 0.190. The fourth-order valence-electron chi connectivity index (χ4n) is 3.09. The Bertz CT molecular complexity index is 962. The van der Waals surface area contributed by atoms with Crippen molar-refractivity contribution in [3.63, 3.8) is 0 Å². The number of hydrogen-bond donors (Lipinski definition) is 1. The quantitative estimate of drug-likeness (QED) is 0.550. The number of benzene rings is 2. The lowest BCUT2D eigenvalue weighted by atomic mass is 10.1. The molecular formula is C21H21N5O. The number of aliphatic hydroxyl groups is 1. The molecule has 0 spiro atoms. The summed E-state index contributed by atoms with van der Waals surface area (Å²) >= 11 is 0. The smallest absolute Gasteiger partial charge is 0.162 e. The summed E-state index contributed by atoms with van der Waals surface area (Å²) in [4.78, 5) is 0. The Morgan fingerprint density at radius 2 is 1.74 bits per heavy atom. The van der Waals surface area contributed by atoms with Gasteiger partial charge < -0.3 is 9.67 Å². The van der Waals surface area contributed by atoms with Crippen molar-refractivity contribution in [1.82, 2.24) is 24.5 Å². The molecule has 0 saturated heterocycles. The van der Waals surface area contributed by atoms with Crippen LogP contribution in [0.2, 0.25) is 0 Å². The van der Waals surface area contributed by atoms with E-state index in [0.29, 0.717) is 18.8 Å². The molecule has 1 unspecified atom stereocenters. The highest BCUT2D eigenvalue weighted by Crippen LogP contribution is 2.19. The Balaban J connectivity index is 1.38. The van der Waals surface area contributed by atoms with E-state index < -0.39 is 6.10 Å². The Labute approximate surface area is 157 Å². The van der Waals surface area contributed by atoms with E-state index in [-0.39, 0.29) is 0 Å². The van der Waals surface area contributed by atoms with Crippen LogP contribution in [0.5, 0.6) is 0 Å². The van der Waals surface area contributed by atoms with Gasteiger partial charge >= 0.3 is 0 Å². The van der Waals surface area contributed by atoms with Gasteiger partial charge in [0, 0.05) is 12.4 Å². The van der Waals surface area contributed by atoms with Crippen LogP contribution in [0.1, 0.15) is 29.5 Å². The first-order valence-electron chi connectivity index (χ1n) is 8.98. The summed E-state index contributed by atoms with van der Waals surface area (Å²) in [6.45, 7) is 0.652. The zero-order chi connectivity index (χ0) is 18.5. The molecule has 27 heavy (non-hydrogen) atoms. The van der Waals surface area contributed by atoms with Gasteiger partial charge in [-0.15, -0.1) is 10.2 Å². The van der Waals surface area contributed by atoms with Crippen molar-refractivity contribution in [3.8, 4) is 5.69 Å². The van der Waals surface area contributed by atoms with Crippen molar-refractivity contribution in [3.05, 3.63) is 96.3 Å². The monoisotopic (exact) mass is 359 g/mol. The van der Waals surface area contributed by atoms with Gasteiger partial charge in [0.25, 0.3) is 0 Å². The SMILES string of the molecule is OC(CCc1ccc(-n2cccn2)cc1)c1nncn1Cc1ccccc1. The van der Waals surface area contributed by atoms with Crippen molar-refractivity contribution in [2.75, 3.05) is 0 Å². The summed E-state index contributed by atoms with van der Waals surface area (Å²) in [6.07, 6.45) is 6.05. The van der Waals surface area contributed by atoms with E-state index in [2.05, 4.69) is 39.6 Å². The lowest BCUT2D eigenvalue weighted by molar-refractivity contribution is 0.153. The zero-order valence-corrected chi connectivity index (χ0v) is 14.9. The van der Waals surface area contributed by atoms with Crippen LogP contribution in [0.15, 0.2) is 79.4 Å². The molecule has 0 amide bonds. The molecule has 136 valence electrons. The lowest BCUT2D eigenvalue weighted by Crippen LogP contribution is -2.10. The first kappa shape index (κ1) is 17.2. The number of aryl methyl sites for hydroxylation is 1. The molecule has 0 aliphatic rings. The van der Waals surface area contributed by atoms with Gasteiger partial charge in [-0.3, -0.25) is 0 Å². The third-order valence-electron chi connectivity index (χ3n) is 4.55. The van der Waals surface area contributed by atoms with Gasteiger partial charge in [-0.25, -0.2) is 4.68 Å². The van der Waals surface area contributed by atoms with Gasteiger partial charge in [0.05, 0.1) is 12.2 Å². The predicted octanol–water partition coefficient (Wildman–Crippen LogP) is 3.18. The second-order valence-corrected chi connectivity index (χ2v) is 6.47. The van der Waals surface area contributed by atoms with E-state index in [1.54, 1.807) is 12.5 Å². The third kappa shape index (κ3) is 4.12. The summed E-state index contributed by atoms with van der Waals surface area (Å²) in [6, 6.07) is 20.2. The van der Waals surface area contributed by atoms with Gasteiger partial charge in [-0.2, -0.15) is 5.10 Å². The molecule has 2 aromatic carbocycles. The highest BCUT2D eigenvalue weighted by Gasteiger charge is 2.15. The molecule has 2 heterocycles. The Hall–Kier alpha value is -3.25. The van der Waals surface area contributed by atoms with Crippen molar-refractivity contribution < 1.29 is 5.11 Å². The molecule has 0 fully saturated rings. The maximum Gasteiger partial charge on any atom is 0.162 e. The topological polar surface area (TPSA) is 68.8 Å². The second-order valence-electron chi connectivity index (χ2n) is 6.47. The molecule has 0 bridgehead atoms. The second kappa shape index (κ2) is 7.97. The minimum atomic E-state index is -0.651. The summed E-state index contributed by atoms with van der Waals surface area (Å²) in [5, 5.41) is 22.9. The normalized spacial score (nSPS) is 12.2. The van der Waals surface area contributed by atoms with Crippen LogP contribution >= 0.6 is 0 Å². The highest BCUT2D eigenvalue weighted by molar-refractivity contribution is 5.33. The molecule has 4 rings (SSSR count). The maximum absolute atomic E-state index is 10.6. The minimum Gasteiger partial charge on any atom is -0.385 e. The highest BCUT2D eigenvalue weighted by atomic mass is 16.3. The van der Waals surface area contributed by atoms with Crippen molar-refractivity contribution in [2.45, 2.75) is 25.5 Å². The molecule has 0 aliphatic carbocycles. The Morgan fingerprint density at radius 3 is 2.48 bits per heavy atom. The van der Waals surface area contributed by atoms with Gasteiger partial charge in [0.2, 0.25) is 0 Å². The van der Waals surface area contributed by atoms with E-state index in [1.807, 2.05) is 51.8 Å². The lowest BCUT2D eigenvalue weighted by Gasteiger charge is -2.12. The van der Waals surface area contributed by atoms with Crippen LogP contribution in [0, 0.1) is 0 Å². The maximum atomic E-state index is 10.6. The number of rotatable bonds is 7. The van der Waals surface area contributed by atoms with Crippen LogP contribution in [0.3, 0.4) is 0 Å². The van der Waals surface area contributed by atoms with Gasteiger partial charge in [-0.05, 0) is 42.2 Å². The number of aromatic nitrogens is 5. The van der Waals surface area contributed by atoms with Gasteiger partial charge in [-0.1, -0.05) is 42.5 Å². The van der Waals surface area contributed by atoms with Crippen LogP contribution in [0.4, 0.5) is 0 Å². The van der Waals surface area contributed by atoms with E-state index in [4.69, 9.17) is 0 Å². The number of hydrogen-bond acceptors (Lipinski definition) is 4. The van der Waals surface area contributed by atoms with Crippen LogP contribution < -0.4 is 0 Å². The van der Waals surface area contributed by atoms with Gasteiger partial charge in [0.1, 0.15) is 12.4 Å². The van der Waals surface area contributed by atoms with Crippen molar-refractivity contribution >= 4 is 0 Å². The van der Waals surface area contributed by atoms with Crippen molar-refractivity contribution in [1.29, 1.82) is 0 Å². The molecule has 2 aromatic heterocycles. The Kier molecular flexibility index (Phi) is 5.07. The predicted molar refractivity (Wildman–Crippen MR) is 102 cm³/mol. The third-order valence-corrected chi connectivity index (χ3v) is 4.55. The summed E-state index contributed by atoms with van der Waals surface area (Å²) in [5.41, 5.74) is 3.34. The molecule has 1 N–H and O–H groups in total. The fourth-order valence-corrected chi connectivity index (χ4v) is 3.09.